The van der Waals surface area contributed by atoms with Crippen molar-refractivity contribution in [1.82, 2.24) is 14.9 Å². The first kappa shape index (κ1) is 17.5. The summed E-state index contributed by atoms with van der Waals surface area (Å²) < 4.78 is 0. The quantitative estimate of drug-likeness (QED) is 0.821. The van der Waals surface area contributed by atoms with Gasteiger partial charge >= 0.3 is 0 Å². The van der Waals surface area contributed by atoms with Crippen molar-refractivity contribution < 1.29 is 9.90 Å². The highest BCUT2D eigenvalue weighted by Crippen LogP contribution is 2.50. The lowest BCUT2D eigenvalue weighted by Gasteiger charge is -2.35. The zero-order chi connectivity index (χ0) is 18.4. The molecule has 1 aromatic carbocycles. The average Bonchev–Trinajstić information content (AvgIpc) is 3.04. The Kier molecular flexibility index (Phi) is 4.50. The monoisotopic (exact) mass is 392 g/mol. The molecule has 26 heavy (non-hydrogen) atoms. The minimum absolute atomic E-state index is 0.0697. The summed E-state index contributed by atoms with van der Waals surface area (Å²) in [6.45, 7) is 2.50. The molecule has 0 aliphatic carbocycles. The Morgan fingerprint density at radius 3 is 2.81 bits per heavy atom. The van der Waals surface area contributed by atoms with Crippen molar-refractivity contribution in [3.63, 3.8) is 0 Å². The van der Waals surface area contributed by atoms with E-state index in [1.54, 1.807) is 17.3 Å². The number of aromatic nitrogens is 2. The van der Waals surface area contributed by atoms with Crippen LogP contribution in [-0.2, 0) is 4.79 Å². The van der Waals surface area contributed by atoms with Crippen LogP contribution in [0.15, 0.2) is 18.5 Å². The number of halogens is 2. The van der Waals surface area contributed by atoms with Crippen molar-refractivity contribution in [2.24, 2.45) is 0 Å². The molecule has 2 aromatic rings. The Morgan fingerprint density at radius 2 is 2.12 bits per heavy atom. The summed E-state index contributed by atoms with van der Waals surface area (Å²) in [6.07, 6.45) is 4.33. The summed E-state index contributed by atoms with van der Waals surface area (Å²) >= 11 is 12.8. The number of likely N-dealkylation sites (tertiary alicyclic amines) is 1. The number of aliphatic hydroxyl groups excluding tert-OH is 1. The lowest BCUT2D eigenvalue weighted by molar-refractivity contribution is -0.135. The largest absolute Gasteiger partial charge is 0.387 e. The Bertz CT molecular complexity index is 872. The summed E-state index contributed by atoms with van der Waals surface area (Å²) in [7, 11) is 0. The fourth-order valence-electron chi connectivity index (χ4n) is 3.87. The number of fused-ring (bicyclic) bond motifs is 3. The number of aliphatic hydroxyl groups is 1. The number of nitrogens with zero attached hydrogens (tertiary/aromatic N) is 3. The Labute approximate surface area is 161 Å². The third-order valence-corrected chi connectivity index (χ3v) is 5.94. The maximum absolute atomic E-state index is 12.0. The molecule has 0 bridgehead atoms. The molecule has 1 saturated heterocycles. The summed E-state index contributed by atoms with van der Waals surface area (Å²) in [6, 6.07) is 2.02. The van der Waals surface area contributed by atoms with Gasteiger partial charge in [0.2, 0.25) is 5.91 Å². The van der Waals surface area contributed by atoms with Gasteiger partial charge in [0.15, 0.2) is 0 Å². The number of hydrogen-bond acceptors (Lipinski definition) is 5. The molecule has 4 rings (SSSR count). The van der Waals surface area contributed by atoms with Crippen LogP contribution in [0, 0.1) is 6.92 Å². The second-order valence-electron chi connectivity index (χ2n) is 6.67. The van der Waals surface area contributed by atoms with Crippen molar-refractivity contribution in [3.8, 4) is 11.1 Å². The van der Waals surface area contributed by atoms with E-state index >= 15 is 0 Å². The fourth-order valence-corrected chi connectivity index (χ4v) is 4.28. The van der Waals surface area contributed by atoms with Crippen LogP contribution in [0.4, 0.5) is 5.69 Å². The van der Waals surface area contributed by atoms with Gasteiger partial charge in [-0.15, -0.1) is 0 Å². The Morgan fingerprint density at radius 1 is 1.38 bits per heavy atom. The third kappa shape index (κ3) is 2.82. The number of piperidine rings is 1. The van der Waals surface area contributed by atoms with Crippen LogP contribution in [-0.4, -0.2) is 51.6 Å². The van der Waals surface area contributed by atoms with Crippen molar-refractivity contribution in [1.29, 1.82) is 0 Å². The SMILES string of the molecule is Cc1ncc(-c2cc(Cl)c(Cl)c3c2C2CN(C(=O)CO)CCC2N3)cn1. The molecular formula is C18H18Cl2N4O2. The minimum atomic E-state index is -0.474. The van der Waals surface area contributed by atoms with Gasteiger partial charge in [-0.3, -0.25) is 4.79 Å². The zero-order valence-electron chi connectivity index (χ0n) is 14.2. The number of hydrogen-bond donors (Lipinski definition) is 2. The van der Waals surface area contributed by atoms with E-state index in [-0.39, 0.29) is 17.9 Å². The van der Waals surface area contributed by atoms with Crippen molar-refractivity contribution in [3.05, 3.63) is 39.9 Å². The lowest BCUT2D eigenvalue weighted by Crippen LogP contribution is -2.46. The van der Waals surface area contributed by atoms with Crippen LogP contribution in [0.25, 0.3) is 11.1 Å². The molecule has 136 valence electrons. The molecule has 2 unspecified atom stereocenters. The number of amides is 1. The topological polar surface area (TPSA) is 78.4 Å². The normalized spacial score (nSPS) is 21.2. The number of carbonyl (C=O) groups excluding carboxylic acids is 1. The van der Waals surface area contributed by atoms with Crippen molar-refractivity contribution >= 4 is 34.8 Å². The first-order valence-corrected chi connectivity index (χ1v) is 9.21. The number of benzene rings is 1. The first-order valence-electron chi connectivity index (χ1n) is 8.45. The van der Waals surface area contributed by atoms with Crippen molar-refractivity contribution in [2.45, 2.75) is 25.3 Å². The fraction of sp³-hybridized carbons (Fsp3) is 0.389. The molecule has 3 heterocycles. The summed E-state index contributed by atoms with van der Waals surface area (Å²) in [5.74, 6) is 0.511. The van der Waals surface area contributed by atoms with Gasteiger partial charge in [0.05, 0.1) is 15.7 Å². The zero-order valence-corrected chi connectivity index (χ0v) is 15.7. The molecule has 6 nitrogen and oxygen atoms in total. The van der Waals surface area contributed by atoms with E-state index in [9.17, 15) is 9.90 Å². The highest BCUT2D eigenvalue weighted by atomic mass is 35.5. The van der Waals surface area contributed by atoms with Gasteiger partial charge in [-0.2, -0.15) is 0 Å². The summed E-state index contributed by atoms with van der Waals surface area (Å²) in [5.41, 5.74) is 3.64. The number of rotatable bonds is 2. The molecular weight excluding hydrogens is 375 g/mol. The minimum Gasteiger partial charge on any atom is -0.387 e. The molecule has 0 spiro atoms. The van der Waals surface area contributed by atoms with E-state index in [0.717, 1.165) is 28.8 Å². The molecule has 8 heteroatoms. The second kappa shape index (κ2) is 6.68. The summed E-state index contributed by atoms with van der Waals surface area (Å²) in [5, 5.41) is 13.6. The molecule has 1 aromatic heterocycles. The molecule has 2 aliphatic rings. The van der Waals surface area contributed by atoms with Crippen molar-refractivity contribution in [2.75, 3.05) is 25.0 Å². The molecule has 0 saturated carbocycles. The molecule has 2 N–H and O–H groups in total. The van der Waals surface area contributed by atoms with Gasteiger partial charge in [0.25, 0.3) is 0 Å². The highest BCUT2D eigenvalue weighted by Gasteiger charge is 2.41. The van der Waals surface area contributed by atoms with E-state index in [0.29, 0.717) is 29.0 Å². The van der Waals surface area contributed by atoms with Gasteiger partial charge in [-0.1, -0.05) is 23.2 Å². The van der Waals surface area contributed by atoms with E-state index in [1.807, 2.05) is 13.0 Å². The number of nitrogens with one attached hydrogen (secondary N) is 1. The number of anilines is 1. The highest BCUT2D eigenvalue weighted by molar-refractivity contribution is 6.44. The van der Waals surface area contributed by atoms with Crippen LogP contribution in [0.3, 0.4) is 0 Å². The molecule has 1 fully saturated rings. The van der Waals surface area contributed by atoms with E-state index in [2.05, 4.69) is 15.3 Å². The maximum Gasteiger partial charge on any atom is 0.248 e. The smallest absolute Gasteiger partial charge is 0.248 e. The molecule has 1 amide bonds. The van der Waals surface area contributed by atoms with E-state index in [1.165, 1.54) is 0 Å². The lowest BCUT2D eigenvalue weighted by atomic mass is 9.85. The number of carbonyl (C=O) groups is 1. The Hall–Kier alpha value is -1.89. The van der Waals surface area contributed by atoms with Crippen LogP contribution in [0.2, 0.25) is 10.0 Å². The van der Waals surface area contributed by atoms with Crippen LogP contribution < -0.4 is 5.32 Å². The number of aryl methyl sites for hydroxylation is 1. The van der Waals surface area contributed by atoms with Gasteiger partial charge < -0.3 is 15.3 Å². The van der Waals surface area contributed by atoms with E-state index < -0.39 is 6.61 Å². The standard InChI is InChI=1S/C18H18Cl2N4O2/c1-9-21-5-10(6-22-9)11-4-13(19)17(20)18-16(11)12-7-24(15(26)8-25)3-2-14(12)23-18/h4-6,12,14,23,25H,2-3,7-8H2,1H3. The second-order valence-corrected chi connectivity index (χ2v) is 7.46. The van der Waals surface area contributed by atoms with Crippen LogP contribution >= 0.6 is 23.2 Å². The van der Waals surface area contributed by atoms with Crippen LogP contribution in [0.5, 0.6) is 0 Å². The Balaban J connectivity index is 1.82. The van der Waals surface area contributed by atoms with Gasteiger partial charge in [0.1, 0.15) is 12.4 Å². The first-order chi connectivity index (χ1) is 12.5. The predicted octanol–water partition coefficient (Wildman–Crippen LogP) is 2.86. The molecule has 2 atom stereocenters. The predicted molar refractivity (Wildman–Crippen MR) is 101 cm³/mol. The van der Waals surface area contributed by atoms with Crippen LogP contribution in [0.1, 0.15) is 23.7 Å². The van der Waals surface area contributed by atoms with Gasteiger partial charge in [-0.25, -0.2) is 9.97 Å². The van der Waals surface area contributed by atoms with Gasteiger partial charge in [-0.05, 0) is 30.5 Å². The molecule has 2 aliphatic heterocycles. The maximum atomic E-state index is 12.0. The third-order valence-electron chi connectivity index (χ3n) is 5.15. The van der Waals surface area contributed by atoms with E-state index in [4.69, 9.17) is 23.2 Å². The summed E-state index contributed by atoms with van der Waals surface area (Å²) in [4.78, 5) is 22.3. The van der Waals surface area contributed by atoms with Gasteiger partial charge in [0, 0.05) is 43.0 Å². The molecule has 0 radical (unpaired) electrons. The average molecular weight is 393 g/mol.